The lowest BCUT2D eigenvalue weighted by Crippen LogP contribution is -2.50. The Bertz CT molecular complexity index is 724. The predicted octanol–water partition coefficient (Wildman–Crippen LogP) is 3.61. The standard InChI is InChI=1S/C20H25ClN2O2/c1-10(2)14-9-4-11(3)15-16(12-5-7-13(21)8-6-12)17(19(22)24)20(25)23-18(14)15/h5-8,10-11,14,16-17H,4,9H2,1-3H3,(H2,22,24)(H,23,25). The van der Waals surface area contributed by atoms with Crippen molar-refractivity contribution in [3.8, 4) is 0 Å². The van der Waals surface area contributed by atoms with Gasteiger partial charge in [-0.1, -0.05) is 44.5 Å². The van der Waals surface area contributed by atoms with Crippen LogP contribution in [-0.4, -0.2) is 11.8 Å². The third-order valence-electron chi connectivity index (χ3n) is 5.67. The molecule has 1 heterocycles. The molecule has 0 saturated heterocycles. The van der Waals surface area contributed by atoms with E-state index in [9.17, 15) is 9.59 Å². The summed E-state index contributed by atoms with van der Waals surface area (Å²) in [5.74, 6) is -1.03. The number of primary amides is 1. The largest absolute Gasteiger partial charge is 0.369 e. The summed E-state index contributed by atoms with van der Waals surface area (Å²) in [6, 6.07) is 7.40. The van der Waals surface area contributed by atoms with Crippen LogP contribution < -0.4 is 11.1 Å². The molecule has 25 heavy (non-hydrogen) atoms. The Labute approximate surface area is 153 Å². The lowest BCUT2D eigenvalue weighted by molar-refractivity contribution is -0.134. The fourth-order valence-electron chi connectivity index (χ4n) is 4.39. The van der Waals surface area contributed by atoms with Crippen LogP contribution in [-0.2, 0) is 9.59 Å². The van der Waals surface area contributed by atoms with Crippen LogP contribution in [0.5, 0.6) is 0 Å². The van der Waals surface area contributed by atoms with Crippen molar-refractivity contribution in [3.63, 3.8) is 0 Å². The van der Waals surface area contributed by atoms with E-state index in [2.05, 4.69) is 26.1 Å². The van der Waals surface area contributed by atoms with Crippen molar-refractivity contribution in [3.05, 3.63) is 46.1 Å². The second kappa shape index (κ2) is 6.83. The average molecular weight is 361 g/mol. The summed E-state index contributed by atoms with van der Waals surface area (Å²) in [6.45, 7) is 6.52. The Morgan fingerprint density at radius 1 is 1.24 bits per heavy atom. The van der Waals surface area contributed by atoms with Gasteiger partial charge in [0.25, 0.3) is 0 Å². The van der Waals surface area contributed by atoms with Crippen LogP contribution >= 0.6 is 11.6 Å². The number of benzene rings is 1. The number of nitrogens with one attached hydrogen (secondary N) is 1. The van der Waals surface area contributed by atoms with E-state index in [1.54, 1.807) is 12.1 Å². The lowest BCUT2D eigenvalue weighted by Gasteiger charge is -2.43. The molecule has 0 aromatic heterocycles. The molecule has 0 bridgehead atoms. The normalized spacial score (nSPS) is 29.4. The van der Waals surface area contributed by atoms with Gasteiger partial charge in [-0.2, -0.15) is 0 Å². The summed E-state index contributed by atoms with van der Waals surface area (Å²) in [6.07, 6.45) is 2.10. The number of carbonyl (C=O) groups excluding carboxylic acids is 2. The van der Waals surface area contributed by atoms with Gasteiger partial charge in [0.2, 0.25) is 11.8 Å². The third kappa shape index (κ3) is 3.20. The predicted molar refractivity (Wildman–Crippen MR) is 98.8 cm³/mol. The second-order valence-electron chi connectivity index (χ2n) is 7.60. The zero-order valence-corrected chi connectivity index (χ0v) is 15.6. The first-order valence-electron chi connectivity index (χ1n) is 8.90. The van der Waals surface area contributed by atoms with Crippen LogP contribution in [0.15, 0.2) is 35.5 Å². The highest BCUT2D eigenvalue weighted by atomic mass is 35.5. The highest BCUT2D eigenvalue weighted by molar-refractivity contribution is 6.30. The average Bonchev–Trinajstić information content (AvgIpc) is 2.54. The molecule has 0 radical (unpaired) electrons. The smallest absolute Gasteiger partial charge is 0.237 e. The van der Waals surface area contributed by atoms with Gasteiger partial charge >= 0.3 is 0 Å². The van der Waals surface area contributed by atoms with Gasteiger partial charge in [-0.25, -0.2) is 0 Å². The van der Waals surface area contributed by atoms with Gasteiger partial charge in [0.1, 0.15) is 5.92 Å². The molecule has 1 aromatic carbocycles. The zero-order chi connectivity index (χ0) is 18.3. The summed E-state index contributed by atoms with van der Waals surface area (Å²) in [5, 5.41) is 3.67. The Balaban J connectivity index is 2.19. The third-order valence-corrected chi connectivity index (χ3v) is 5.92. The van der Waals surface area contributed by atoms with E-state index in [1.165, 1.54) is 0 Å². The molecular formula is C20H25ClN2O2. The van der Waals surface area contributed by atoms with Crippen LogP contribution in [0.4, 0.5) is 0 Å². The number of halogens is 1. The van der Waals surface area contributed by atoms with Gasteiger partial charge in [0, 0.05) is 22.6 Å². The molecule has 1 aliphatic heterocycles. The van der Waals surface area contributed by atoms with Crippen molar-refractivity contribution in [1.29, 1.82) is 0 Å². The van der Waals surface area contributed by atoms with Crippen molar-refractivity contribution in [2.24, 2.45) is 29.4 Å². The Kier molecular flexibility index (Phi) is 4.92. The lowest BCUT2D eigenvalue weighted by atomic mass is 9.65. The monoisotopic (exact) mass is 360 g/mol. The molecule has 2 aliphatic rings. The quantitative estimate of drug-likeness (QED) is 0.808. The van der Waals surface area contributed by atoms with Gasteiger partial charge in [-0.15, -0.1) is 0 Å². The highest BCUT2D eigenvalue weighted by Crippen LogP contribution is 2.48. The first-order valence-corrected chi connectivity index (χ1v) is 9.28. The van der Waals surface area contributed by atoms with Gasteiger partial charge in [0.15, 0.2) is 0 Å². The maximum absolute atomic E-state index is 12.7. The summed E-state index contributed by atoms with van der Waals surface area (Å²) in [4.78, 5) is 24.9. The van der Waals surface area contributed by atoms with Crippen molar-refractivity contribution < 1.29 is 9.59 Å². The van der Waals surface area contributed by atoms with Crippen molar-refractivity contribution in [1.82, 2.24) is 5.32 Å². The topological polar surface area (TPSA) is 72.2 Å². The minimum Gasteiger partial charge on any atom is -0.369 e. The number of nitrogens with two attached hydrogens (primary N) is 1. The first kappa shape index (κ1) is 18.0. The van der Waals surface area contributed by atoms with Crippen LogP contribution in [0.1, 0.15) is 45.1 Å². The fraction of sp³-hybridized carbons (Fsp3) is 0.500. The summed E-state index contributed by atoms with van der Waals surface area (Å²) in [7, 11) is 0. The van der Waals surface area contributed by atoms with Gasteiger partial charge in [-0.3, -0.25) is 9.59 Å². The summed E-state index contributed by atoms with van der Waals surface area (Å²) in [5.41, 5.74) is 8.72. The molecule has 3 N–H and O–H groups in total. The minimum atomic E-state index is -0.881. The molecule has 0 fully saturated rings. The molecule has 134 valence electrons. The maximum Gasteiger partial charge on any atom is 0.237 e. The van der Waals surface area contributed by atoms with Gasteiger partial charge in [-0.05, 0) is 47.9 Å². The van der Waals surface area contributed by atoms with E-state index in [1.807, 2.05) is 12.1 Å². The van der Waals surface area contributed by atoms with Crippen LogP contribution in [0.2, 0.25) is 5.02 Å². The molecule has 4 nitrogen and oxygen atoms in total. The molecule has 1 aromatic rings. The highest BCUT2D eigenvalue weighted by Gasteiger charge is 2.46. The van der Waals surface area contributed by atoms with Crippen LogP contribution in [0.25, 0.3) is 0 Å². The Morgan fingerprint density at radius 3 is 2.44 bits per heavy atom. The van der Waals surface area contributed by atoms with E-state index in [0.29, 0.717) is 22.8 Å². The number of hydrogen-bond donors (Lipinski definition) is 2. The SMILES string of the molecule is CC1CCC(C(C)C)C2=C1C(c1ccc(Cl)cc1)C(C(N)=O)C(=O)N2. The zero-order valence-electron chi connectivity index (χ0n) is 14.9. The number of carbonyl (C=O) groups is 2. The minimum absolute atomic E-state index is 0.286. The van der Waals surface area contributed by atoms with E-state index in [0.717, 1.165) is 29.7 Å². The number of amides is 2. The van der Waals surface area contributed by atoms with Crippen molar-refractivity contribution in [2.45, 2.75) is 39.5 Å². The Morgan fingerprint density at radius 2 is 1.88 bits per heavy atom. The Hall–Kier alpha value is -1.81. The fourth-order valence-corrected chi connectivity index (χ4v) is 4.52. The van der Waals surface area contributed by atoms with E-state index in [4.69, 9.17) is 17.3 Å². The number of hydrogen-bond acceptors (Lipinski definition) is 2. The molecule has 0 spiro atoms. The van der Waals surface area contributed by atoms with Gasteiger partial charge < -0.3 is 11.1 Å². The molecular weight excluding hydrogens is 336 g/mol. The first-order chi connectivity index (χ1) is 11.8. The molecule has 4 unspecified atom stereocenters. The molecule has 5 heteroatoms. The van der Waals surface area contributed by atoms with Crippen molar-refractivity contribution in [2.75, 3.05) is 0 Å². The molecule has 3 rings (SSSR count). The molecule has 2 amide bonds. The molecule has 0 saturated carbocycles. The number of allylic oxidation sites excluding steroid dienone is 2. The van der Waals surface area contributed by atoms with E-state index < -0.39 is 11.8 Å². The maximum atomic E-state index is 12.7. The summed E-state index contributed by atoms with van der Waals surface area (Å²) >= 11 is 6.03. The molecule has 4 atom stereocenters. The van der Waals surface area contributed by atoms with Crippen LogP contribution in [0, 0.1) is 23.7 Å². The second-order valence-corrected chi connectivity index (χ2v) is 8.03. The van der Waals surface area contributed by atoms with E-state index in [-0.39, 0.29) is 11.8 Å². The number of rotatable bonds is 3. The van der Waals surface area contributed by atoms with Crippen LogP contribution in [0.3, 0.4) is 0 Å². The summed E-state index contributed by atoms with van der Waals surface area (Å²) < 4.78 is 0. The van der Waals surface area contributed by atoms with Gasteiger partial charge in [0.05, 0.1) is 0 Å². The van der Waals surface area contributed by atoms with Crippen molar-refractivity contribution >= 4 is 23.4 Å². The molecule has 1 aliphatic carbocycles. The van der Waals surface area contributed by atoms with E-state index >= 15 is 0 Å².